The molecule has 5 nitrogen and oxygen atoms in total. The average molecular weight is 236 g/mol. The Kier molecular flexibility index (Phi) is 2.66. The summed E-state index contributed by atoms with van der Waals surface area (Å²) in [5.74, 6) is -1.22. The fourth-order valence-corrected chi connectivity index (χ4v) is 2.34. The fourth-order valence-electron chi connectivity index (χ4n) is 1.46. The second-order valence-electron chi connectivity index (χ2n) is 3.21. The molecule has 1 atom stereocenters. The van der Waals surface area contributed by atoms with Crippen molar-refractivity contribution in [2.75, 3.05) is 0 Å². The van der Waals surface area contributed by atoms with Gasteiger partial charge in [-0.15, -0.1) is 0 Å². The summed E-state index contributed by atoms with van der Waals surface area (Å²) in [6.07, 6.45) is 0. The highest BCUT2D eigenvalue weighted by Crippen LogP contribution is 2.33. The molecule has 2 rings (SSSR count). The number of rotatable bonds is 2. The molecule has 1 aromatic rings. The van der Waals surface area contributed by atoms with Crippen LogP contribution in [0.5, 0.6) is 0 Å². The van der Waals surface area contributed by atoms with Crippen molar-refractivity contribution in [2.45, 2.75) is 5.37 Å². The lowest BCUT2D eigenvalue weighted by atomic mass is 10.1. The summed E-state index contributed by atoms with van der Waals surface area (Å²) >= 11 is 0.851. The summed E-state index contributed by atoms with van der Waals surface area (Å²) in [5.41, 5.74) is 6.08. The maximum Gasteiger partial charge on any atom is 0.299 e. The van der Waals surface area contributed by atoms with Crippen LogP contribution in [0.3, 0.4) is 0 Å². The first-order chi connectivity index (χ1) is 7.59. The number of carbonyl (C=O) groups excluding carboxylic acids is 3. The first kappa shape index (κ1) is 10.7. The van der Waals surface area contributed by atoms with Crippen molar-refractivity contribution >= 4 is 28.7 Å². The number of benzene rings is 1. The van der Waals surface area contributed by atoms with Crippen LogP contribution in [0.4, 0.5) is 0 Å². The van der Waals surface area contributed by atoms with Crippen LogP contribution in [0, 0.1) is 0 Å². The Morgan fingerprint density at radius 1 is 1.31 bits per heavy atom. The second kappa shape index (κ2) is 3.97. The van der Waals surface area contributed by atoms with Gasteiger partial charge in [-0.1, -0.05) is 18.2 Å². The molecular formula is C10H8N2O3S. The van der Waals surface area contributed by atoms with Gasteiger partial charge in [0.15, 0.2) is 0 Å². The minimum Gasteiger partial charge on any atom is -0.366 e. The van der Waals surface area contributed by atoms with E-state index in [1.807, 2.05) is 0 Å². The van der Waals surface area contributed by atoms with E-state index in [4.69, 9.17) is 5.73 Å². The fraction of sp³-hybridized carbons (Fsp3) is 0.100. The summed E-state index contributed by atoms with van der Waals surface area (Å²) in [4.78, 5) is 33.3. The number of hydrogen-bond donors (Lipinski definition) is 2. The van der Waals surface area contributed by atoms with Gasteiger partial charge in [0.25, 0.3) is 11.0 Å². The minimum absolute atomic E-state index is 0.315. The van der Waals surface area contributed by atoms with Crippen molar-refractivity contribution in [3.05, 3.63) is 35.4 Å². The third-order valence-corrected chi connectivity index (χ3v) is 3.19. The number of nitrogens with two attached hydrogens (primary N) is 1. The Balaban J connectivity index is 2.38. The zero-order valence-corrected chi connectivity index (χ0v) is 8.91. The molecule has 82 valence electrons. The SMILES string of the molecule is NC(=O)c1ccccc1C1NC(=O)C(=O)S1. The Hall–Kier alpha value is -1.82. The summed E-state index contributed by atoms with van der Waals surface area (Å²) in [5, 5.41) is 1.41. The third-order valence-electron chi connectivity index (χ3n) is 2.18. The van der Waals surface area contributed by atoms with Crippen LogP contribution in [0.2, 0.25) is 0 Å². The molecule has 1 fully saturated rings. The molecule has 1 saturated heterocycles. The molecule has 0 aromatic heterocycles. The number of carbonyl (C=O) groups is 3. The van der Waals surface area contributed by atoms with Crippen LogP contribution < -0.4 is 11.1 Å². The van der Waals surface area contributed by atoms with E-state index in [1.54, 1.807) is 24.3 Å². The van der Waals surface area contributed by atoms with Gasteiger partial charge in [-0.2, -0.15) is 0 Å². The van der Waals surface area contributed by atoms with Crippen LogP contribution in [0.15, 0.2) is 24.3 Å². The average Bonchev–Trinajstić information content (AvgIpc) is 2.59. The number of amides is 2. The second-order valence-corrected chi connectivity index (χ2v) is 4.29. The quantitative estimate of drug-likeness (QED) is 0.716. The molecule has 1 unspecified atom stereocenters. The van der Waals surface area contributed by atoms with E-state index in [0.717, 1.165) is 11.8 Å². The van der Waals surface area contributed by atoms with E-state index in [9.17, 15) is 14.4 Å². The number of primary amides is 1. The predicted molar refractivity (Wildman–Crippen MR) is 58.4 cm³/mol. The van der Waals surface area contributed by atoms with Gasteiger partial charge in [-0.05, 0) is 23.4 Å². The van der Waals surface area contributed by atoms with Crippen LogP contribution >= 0.6 is 11.8 Å². The van der Waals surface area contributed by atoms with E-state index < -0.39 is 22.3 Å². The van der Waals surface area contributed by atoms with Gasteiger partial charge in [0.2, 0.25) is 5.91 Å². The van der Waals surface area contributed by atoms with E-state index in [1.165, 1.54) is 0 Å². The Labute approximate surface area is 95.4 Å². The predicted octanol–water partition coefficient (Wildman–Crippen LogP) is 0.174. The van der Waals surface area contributed by atoms with Crippen molar-refractivity contribution < 1.29 is 14.4 Å². The van der Waals surface area contributed by atoms with Crippen LogP contribution in [0.25, 0.3) is 0 Å². The molecule has 2 amide bonds. The maximum atomic E-state index is 11.2. The largest absolute Gasteiger partial charge is 0.366 e. The zero-order valence-electron chi connectivity index (χ0n) is 8.10. The third kappa shape index (κ3) is 1.79. The summed E-state index contributed by atoms with van der Waals surface area (Å²) in [6, 6.07) is 6.62. The van der Waals surface area contributed by atoms with Gasteiger partial charge in [-0.25, -0.2) is 0 Å². The lowest BCUT2D eigenvalue weighted by Crippen LogP contribution is -2.23. The van der Waals surface area contributed by atoms with E-state index in [-0.39, 0.29) is 0 Å². The van der Waals surface area contributed by atoms with Gasteiger partial charge in [0.1, 0.15) is 5.37 Å². The van der Waals surface area contributed by atoms with Gasteiger partial charge in [-0.3, -0.25) is 14.4 Å². The lowest BCUT2D eigenvalue weighted by molar-refractivity contribution is -0.132. The standard InChI is InChI=1S/C10H8N2O3S/c11-7(13)5-3-1-2-4-6(5)9-12-8(14)10(15)16-9/h1-4,9H,(H2,11,13)(H,12,14). The number of hydrogen-bond acceptors (Lipinski definition) is 4. The molecule has 0 saturated carbocycles. The van der Waals surface area contributed by atoms with Gasteiger partial charge in [0.05, 0.1) is 0 Å². The van der Waals surface area contributed by atoms with Gasteiger partial charge < -0.3 is 11.1 Å². The molecule has 0 radical (unpaired) electrons. The highest BCUT2D eigenvalue weighted by Gasteiger charge is 2.33. The van der Waals surface area contributed by atoms with Crippen molar-refractivity contribution in [1.82, 2.24) is 5.32 Å². The molecule has 0 spiro atoms. The molecular weight excluding hydrogens is 228 g/mol. The summed E-state index contributed by atoms with van der Waals surface area (Å²) in [7, 11) is 0. The minimum atomic E-state index is -0.644. The number of nitrogens with one attached hydrogen (secondary N) is 1. The smallest absolute Gasteiger partial charge is 0.299 e. The molecule has 0 aliphatic carbocycles. The molecule has 6 heteroatoms. The Bertz CT molecular complexity index is 471. The van der Waals surface area contributed by atoms with Gasteiger partial charge >= 0.3 is 0 Å². The van der Waals surface area contributed by atoms with E-state index in [2.05, 4.69) is 5.32 Å². The van der Waals surface area contributed by atoms with Crippen molar-refractivity contribution in [1.29, 1.82) is 0 Å². The van der Waals surface area contributed by atoms with E-state index in [0.29, 0.717) is 11.1 Å². The van der Waals surface area contributed by atoms with Crippen molar-refractivity contribution in [2.24, 2.45) is 5.73 Å². The van der Waals surface area contributed by atoms with E-state index >= 15 is 0 Å². The monoisotopic (exact) mass is 236 g/mol. The topological polar surface area (TPSA) is 89.3 Å². The zero-order chi connectivity index (χ0) is 11.7. The number of thioether (sulfide) groups is 1. The molecule has 3 N–H and O–H groups in total. The molecule has 16 heavy (non-hydrogen) atoms. The van der Waals surface area contributed by atoms with Crippen LogP contribution in [-0.2, 0) is 9.59 Å². The first-order valence-corrected chi connectivity index (χ1v) is 5.38. The summed E-state index contributed by atoms with van der Waals surface area (Å²) in [6.45, 7) is 0. The lowest BCUT2D eigenvalue weighted by Gasteiger charge is -2.11. The summed E-state index contributed by atoms with van der Waals surface area (Å²) < 4.78 is 0. The Morgan fingerprint density at radius 2 is 2.00 bits per heavy atom. The molecule has 1 aromatic carbocycles. The molecule has 1 aliphatic heterocycles. The van der Waals surface area contributed by atoms with Crippen LogP contribution in [0.1, 0.15) is 21.3 Å². The molecule has 1 aliphatic rings. The van der Waals surface area contributed by atoms with Crippen LogP contribution in [-0.4, -0.2) is 16.9 Å². The van der Waals surface area contributed by atoms with Crippen molar-refractivity contribution in [3.63, 3.8) is 0 Å². The van der Waals surface area contributed by atoms with Gasteiger partial charge in [0, 0.05) is 5.56 Å². The maximum absolute atomic E-state index is 11.2. The highest BCUT2D eigenvalue weighted by molar-refractivity contribution is 8.16. The molecule has 1 heterocycles. The Morgan fingerprint density at radius 3 is 2.56 bits per heavy atom. The van der Waals surface area contributed by atoms with Crippen molar-refractivity contribution in [3.8, 4) is 0 Å². The highest BCUT2D eigenvalue weighted by atomic mass is 32.2. The first-order valence-electron chi connectivity index (χ1n) is 4.50. The normalized spacial score (nSPS) is 19.6. The molecule has 0 bridgehead atoms.